The van der Waals surface area contributed by atoms with Gasteiger partial charge >= 0.3 is 0 Å². The smallest absolute Gasteiger partial charge is 0.136 e. The molecule has 2 rings (SSSR count). The second-order valence-corrected chi connectivity index (χ2v) is 2.19. The number of benzene rings is 1. The van der Waals surface area contributed by atoms with Crippen molar-refractivity contribution in [1.82, 2.24) is 10.2 Å². The van der Waals surface area contributed by atoms with Crippen LogP contribution in [0, 0.1) is 4.91 Å². The van der Waals surface area contributed by atoms with Gasteiger partial charge < -0.3 is 0 Å². The van der Waals surface area contributed by atoms with E-state index in [2.05, 4.69) is 15.4 Å². The number of hydrogen-bond acceptors (Lipinski definition) is 3. The summed E-state index contributed by atoms with van der Waals surface area (Å²) < 4.78 is 0. The fourth-order valence-electron chi connectivity index (χ4n) is 1.03. The molecule has 54 valence electrons. The quantitative estimate of drug-likeness (QED) is 0.627. The van der Waals surface area contributed by atoms with Crippen LogP contribution in [0.5, 0.6) is 0 Å². The highest BCUT2D eigenvalue weighted by Crippen LogP contribution is 2.22. The fourth-order valence-corrected chi connectivity index (χ4v) is 1.03. The third kappa shape index (κ3) is 0.797. The van der Waals surface area contributed by atoms with Crippen LogP contribution in [0.15, 0.2) is 29.6 Å². The number of H-pyrrole nitrogens is 1. The highest BCUT2D eigenvalue weighted by molar-refractivity contribution is 5.88. The Labute approximate surface area is 62.2 Å². The van der Waals surface area contributed by atoms with Crippen molar-refractivity contribution in [2.45, 2.75) is 0 Å². The number of aromatic nitrogens is 2. The molecular formula is C7H5N3O. The summed E-state index contributed by atoms with van der Waals surface area (Å²) in [5.41, 5.74) is 1.01. The number of aromatic amines is 1. The van der Waals surface area contributed by atoms with E-state index in [1.54, 1.807) is 18.3 Å². The van der Waals surface area contributed by atoms with Gasteiger partial charge in [-0.25, -0.2) is 0 Å². The number of nitrogens with zero attached hydrogens (tertiary/aromatic N) is 2. The van der Waals surface area contributed by atoms with E-state index < -0.39 is 0 Å². The number of nitroso groups, excluding NO2 is 1. The van der Waals surface area contributed by atoms with E-state index >= 15 is 0 Å². The molecule has 0 radical (unpaired) electrons. The average molecular weight is 147 g/mol. The molecule has 0 fully saturated rings. The maximum absolute atomic E-state index is 10.2. The molecule has 0 atom stereocenters. The molecule has 0 aliphatic heterocycles. The summed E-state index contributed by atoms with van der Waals surface area (Å²) in [7, 11) is 0. The molecule has 0 aliphatic rings. The monoisotopic (exact) mass is 147 g/mol. The first kappa shape index (κ1) is 6.03. The lowest BCUT2D eigenvalue weighted by atomic mass is 10.2. The molecule has 2 aromatic rings. The minimum absolute atomic E-state index is 0.378. The average Bonchev–Trinajstić information content (AvgIpc) is 2.50. The first-order valence-electron chi connectivity index (χ1n) is 3.17. The van der Waals surface area contributed by atoms with Crippen molar-refractivity contribution in [3.8, 4) is 0 Å². The molecule has 0 saturated heterocycles. The summed E-state index contributed by atoms with van der Waals surface area (Å²) in [6.07, 6.45) is 1.73. The Kier molecular flexibility index (Phi) is 1.18. The lowest BCUT2D eigenvalue weighted by Gasteiger charge is -1.87. The van der Waals surface area contributed by atoms with Crippen molar-refractivity contribution in [3.63, 3.8) is 0 Å². The van der Waals surface area contributed by atoms with Crippen LogP contribution in [0.3, 0.4) is 0 Å². The molecule has 0 unspecified atom stereocenters. The van der Waals surface area contributed by atoms with Gasteiger partial charge in [-0.3, -0.25) is 5.10 Å². The number of nitrogens with one attached hydrogen (secondary N) is 1. The van der Waals surface area contributed by atoms with Crippen LogP contribution in [0.2, 0.25) is 0 Å². The molecule has 0 amide bonds. The fraction of sp³-hybridized carbons (Fsp3) is 0. The largest absolute Gasteiger partial charge is 0.284 e. The molecule has 4 nitrogen and oxygen atoms in total. The van der Waals surface area contributed by atoms with Crippen molar-refractivity contribution in [1.29, 1.82) is 0 Å². The van der Waals surface area contributed by atoms with Crippen molar-refractivity contribution < 1.29 is 0 Å². The van der Waals surface area contributed by atoms with Gasteiger partial charge in [0.1, 0.15) is 11.2 Å². The van der Waals surface area contributed by atoms with Gasteiger partial charge in [-0.2, -0.15) is 5.10 Å². The Morgan fingerprint density at radius 1 is 1.45 bits per heavy atom. The summed E-state index contributed by atoms with van der Waals surface area (Å²) >= 11 is 0. The number of hydrogen-bond donors (Lipinski definition) is 1. The molecule has 1 N–H and O–H groups in total. The van der Waals surface area contributed by atoms with Crippen LogP contribution in [-0.2, 0) is 0 Å². The predicted octanol–water partition coefficient (Wildman–Crippen LogP) is 1.96. The summed E-state index contributed by atoms with van der Waals surface area (Å²) in [6, 6.07) is 5.28. The van der Waals surface area contributed by atoms with Crippen LogP contribution in [0.1, 0.15) is 0 Å². The van der Waals surface area contributed by atoms with Gasteiger partial charge in [0, 0.05) is 11.6 Å². The van der Waals surface area contributed by atoms with Crippen LogP contribution >= 0.6 is 0 Å². The maximum atomic E-state index is 10.2. The van der Waals surface area contributed by atoms with Gasteiger partial charge in [-0.15, -0.1) is 4.91 Å². The summed E-state index contributed by atoms with van der Waals surface area (Å²) in [5, 5.41) is 10.3. The molecule has 11 heavy (non-hydrogen) atoms. The Bertz CT molecular complexity index is 393. The SMILES string of the molecule is O=Nc1cccc2c[nH]nc12. The minimum atomic E-state index is 0.378. The highest BCUT2D eigenvalue weighted by Gasteiger charge is 2.01. The molecular weight excluding hydrogens is 142 g/mol. The van der Waals surface area contributed by atoms with Gasteiger partial charge in [0.25, 0.3) is 0 Å². The second-order valence-electron chi connectivity index (χ2n) is 2.19. The van der Waals surface area contributed by atoms with Gasteiger partial charge in [-0.05, 0) is 11.2 Å². The zero-order valence-corrected chi connectivity index (χ0v) is 5.61. The van der Waals surface area contributed by atoms with Crippen molar-refractivity contribution >= 4 is 16.6 Å². The van der Waals surface area contributed by atoms with Crippen molar-refractivity contribution in [3.05, 3.63) is 29.3 Å². The Morgan fingerprint density at radius 2 is 2.36 bits per heavy atom. The Balaban J connectivity index is 2.88. The minimum Gasteiger partial charge on any atom is -0.284 e. The molecule has 0 bridgehead atoms. The van der Waals surface area contributed by atoms with Gasteiger partial charge in [0.05, 0.1) is 0 Å². The topological polar surface area (TPSA) is 58.1 Å². The van der Waals surface area contributed by atoms with E-state index in [1.165, 1.54) is 0 Å². The number of fused-ring (bicyclic) bond motifs is 1. The molecule has 1 heterocycles. The first-order valence-corrected chi connectivity index (χ1v) is 3.17. The van der Waals surface area contributed by atoms with Crippen molar-refractivity contribution in [2.75, 3.05) is 0 Å². The van der Waals surface area contributed by atoms with Crippen molar-refractivity contribution in [2.24, 2.45) is 5.18 Å². The van der Waals surface area contributed by atoms with Crippen LogP contribution in [-0.4, -0.2) is 10.2 Å². The van der Waals surface area contributed by atoms with Gasteiger partial charge in [0.15, 0.2) is 0 Å². The van der Waals surface area contributed by atoms with Crippen LogP contribution < -0.4 is 0 Å². The van der Waals surface area contributed by atoms with Crippen LogP contribution in [0.4, 0.5) is 5.69 Å². The zero-order chi connectivity index (χ0) is 7.68. The number of rotatable bonds is 1. The predicted molar refractivity (Wildman–Crippen MR) is 41.5 cm³/mol. The van der Waals surface area contributed by atoms with Crippen LogP contribution in [0.25, 0.3) is 10.9 Å². The van der Waals surface area contributed by atoms with Gasteiger partial charge in [-0.1, -0.05) is 12.1 Å². The third-order valence-electron chi connectivity index (χ3n) is 1.54. The number of para-hydroxylation sites is 1. The maximum Gasteiger partial charge on any atom is 0.136 e. The Hall–Kier alpha value is -1.71. The first-order chi connectivity index (χ1) is 5.42. The lowest BCUT2D eigenvalue weighted by molar-refractivity contribution is 1.12. The summed E-state index contributed by atoms with van der Waals surface area (Å²) in [6.45, 7) is 0. The van der Waals surface area contributed by atoms with E-state index in [-0.39, 0.29) is 0 Å². The molecule has 0 aliphatic carbocycles. The van der Waals surface area contributed by atoms with E-state index in [9.17, 15) is 4.91 Å². The molecule has 0 spiro atoms. The molecule has 1 aromatic heterocycles. The van der Waals surface area contributed by atoms with E-state index in [0.717, 1.165) is 5.39 Å². The second kappa shape index (κ2) is 2.16. The van der Waals surface area contributed by atoms with Gasteiger partial charge in [0.2, 0.25) is 0 Å². The lowest BCUT2D eigenvalue weighted by Crippen LogP contribution is -1.68. The van der Waals surface area contributed by atoms with E-state index in [0.29, 0.717) is 11.2 Å². The summed E-state index contributed by atoms with van der Waals surface area (Å²) in [5.74, 6) is 0. The third-order valence-corrected chi connectivity index (χ3v) is 1.54. The zero-order valence-electron chi connectivity index (χ0n) is 5.61. The Morgan fingerprint density at radius 3 is 3.18 bits per heavy atom. The molecule has 1 aromatic carbocycles. The standard InChI is InChI=1S/C7H5N3O/c11-10-6-3-1-2-5-4-8-9-7(5)6/h1-4H,(H,8,9). The normalized spacial score (nSPS) is 10.2. The van der Waals surface area contributed by atoms with E-state index in [1.807, 2.05) is 6.07 Å². The molecule has 0 saturated carbocycles. The summed E-state index contributed by atoms with van der Waals surface area (Å²) in [4.78, 5) is 10.2. The highest BCUT2D eigenvalue weighted by atomic mass is 16.3. The molecule has 4 heteroatoms. The van der Waals surface area contributed by atoms with E-state index in [4.69, 9.17) is 0 Å².